The van der Waals surface area contributed by atoms with Crippen molar-refractivity contribution in [3.05, 3.63) is 64.0 Å². The third kappa shape index (κ3) is 4.16. The molecule has 2 aromatic rings. The number of nitrogens with two attached hydrogens (primary N) is 1. The number of hydrogen-bond acceptors (Lipinski definition) is 6. The van der Waals surface area contributed by atoms with Crippen LogP contribution in [0, 0.1) is 15.9 Å². The summed E-state index contributed by atoms with van der Waals surface area (Å²) >= 11 is 0. The number of nitro groups is 1. The Bertz CT molecular complexity index is 736. The van der Waals surface area contributed by atoms with Gasteiger partial charge in [0.1, 0.15) is 13.2 Å². The number of anilines is 1. The number of carbonyl (C=O) groups is 1. The second-order valence-corrected chi connectivity index (χ2v) is 4.44. The highest BCUT2D eigenvalue weighted by Crippen LogP contribution is 2.20. The maximum Gasteiger partial charge on any atom is 0.340 e. The van der Waals surface area contributed by atoms with Crippen LogP contribution in [-0.2, 0) is 4.74 Å². The van der Waals surface area contributed by atoms with Crippen LogP contribution in [-0.4, -0.2) is 24.1 Å². The smallest absolute Gasteiger partial charge is 0.340 e. The van der Waals surface area contributed by atoms with Crippen molar-refractivity contribution in [1.82, 2.24) is 0 Å². The molecule has 0 bridgehead atoms. The van der Waals surface area contributed by atoms with Crippen LogP contribution in [0.2, 0.25) is 0 Å². The number of non-ortho nitro benzene ring substituents is 1. The van der Waals surface area contributed by atoms with Gasteiger partial charge in [-0.3, -0.25) is 10.1 Å². The number of nitrogens with zero attached hydrogens (tertiary/aromatic N) is 1. The number of halogens is 1. The Balaban J connectivity index is 1.91. The van der Waals surface area contributed by atoms with Gasteiger partial charge >= 0.3 is 5.97 Å². The van der Waals surface area contributed by atoms with E-state index in [1.165, 1.54) is 30.3 Å². The molecule has 8 heteroatoms. The first-order valence-electron chi connectivity index (χ1n) is 6.57. The Morgan fingerprint density at radius 1 is 1.22 bits per heavy atom. The van der Waals surface area contributed by atoms with Gasteiger partial charge in [0.2, 0.25) is 0 Å². The number of benzene rings is 2. The minimum atomic E-state index is -0.816. The lowest BCUT2D eigenvalue weighted by Crippen LogP contribution is -2.14. The van der Waals surface area contributed by atoms with Crippen LogP contribution in [0.5, 0.6) is 5.75 Å². The number of ether oxygens (including phenoxy) is 2. The molecule has 0 unspecified atom stereocenters. The first kappa shape index (κ1) is 16.2. The van der Waals surface area contributed by atoms with Crippen molar-refractivity contribution in [1.29, 1.82) is 0 Å². The topological polar surface area (TPSA) is 105 Å². The van der Waals surface area contributed by atoms with Crippen LogP contribution < -0.4 is 10.5 Å². The van der Waals surface area contributed by atoms with Gasteiger partial charge in [-0.25, -0.2) is 9.18 Å². The van der Waals surface area contributed by atoms with Crippen molar-refractivity contribution in [3.63, 3.8) is 0 Å². The number of esters is 1. The van der Waals surface area contributed by atoms with Gasteiger partial charge in [-0.1, -0.05) is 12.1 Å². The molecule has 0 radical (unpaired) electrons. The van der Waals surface area contributed by atoms with Crippen LogP contribution >= 0.6 is 0 Å². The molecule has 0 aliphatic carbocycles. The molecule has 0 heterocycles. The molecule has 0 atom stereocenters. The van der Waals surface area contributed by atoms with E-state index < -0.39 is 16.7 Å². The maximum atomic E-state index is 13.3. The third-order valence-electron chi connectivity index (χ3n) is 2.88. The van der Waals surface area contributed by atoms with E-state index in [0.717, 1.165) is 6.07 Å². The van der Waals surface area contributed by atoms with E-state index >= 15 is 0 Å². The van der Waals surface area contributed by atoms with Gasteiger partial charge < -0.3 is 15.2 Å². The first-order valence-corrected chi connectivity index (χ1v) is 6.57. The number of nitro benzene ring substituents is 1. The molecule has 0 saturated heterocycles. The zero-order valence-electron chi connectivity index (χ0n) is 11.9. The average molecular weight is 320 g/mol. The Hall–Kier alpha value is -3.16. The molecular formula is C15H13FN2O5. The number of nitrogen functional groups attached to an aromatic ring is 1. The fourth-order valence-corrected chi connectivity index (χ4v) is 1.76. The van der Waals surface area contributed by atoms with Gasteiger partial charge in [0.25, 0.3) is 5.69 Å². The first-order chi connectivity index (χ1) is 11.0. The van der Waals surface area contributed by atoms with Crippen LogP contribution in [0.25, 0.3) is 0 Å². The van der Waals surface area contributed by atoms with E-state index in [1.54, 1.807) is 6.07 Å². The molecule has 0 aromatic heterocycles. The van der Waals surface area contributed by atoms with Gasteiger partial charge in [-0.2, -0.15) is 0 Å². The zero-order chi connectivity index (χ0) is 16.8. The fraction of sp³-hybridized carbons (Fsp3) is 0.133. The van der Waals surface area contributed by atoms with Gasteiger partial charge in [0.05, 0.1) is 10.5 Å². The number of rotatable bonds is 6. The second-order valence-electron chi connectivity index (χ2n) is 4.44. The highest BCUT2D eigenvalue weighted by Gasteiger charge is 2.16. The molecule has 0 aliphatic heterocycles. The summed E-state index contributed by atoms with van der Waals surface area (Å²) in [6.07, 6.45) is 0. The lowest BCUT2D eigenvalue weighted by Gasteiger charge is -2.09. The van der Waals surface area contributed by atoms with Crippen molar-refractivity contribution in [2.45, 2.75) is 0 Å². The van der Waals surface area contributed by atoms with Crippen molar-refractivity contribution < 1.29 is 23.6 Å². The predicted octanol–water partition coefficient (Wildman–Crippen LogP) is 2.55. The summed E-state index contributed by atoms with van der Waals surface area (Å²) in [6.45, 7) is -0.225. The monoisotopic (exact) mass is 320 g/mol. The summed E-state index contributed by atoms with van der Waals surface area (Å²) in [4.78, 5) is 21.9. The largest absolute Gasteiger partial charge is 0.487 e. The number of para-hydroxylation sites is 1. The highest BCUT2D eigenvalue weighted by atomic mass is 19.1. The van der Waals surface area contributed by atoms with E-state index in [4.69, 9.17) is 15.2 Å². The summed E-state index contributed by atoms with van der Waals surface area (Å²) in [5.74, 6) is -1.30. The van der Waals surface area contributed by atoms with Gasteiger partial charge in [-0.15, -0.1) is 0 Å². The molecule has 0 amide bonds. The fourth-order valence-electron chi connectivity index (χ4n) is 1.76. The van der Waals surface area contributed by atoms with Crippen molar-refractivity contribution in [3.8, 4) is 5.75 Å². The standard InChI is InChI=1S/C15H13FN2O5/c16-12-3-1-2-4-14(12)22-7-8-23-15(19)11-9-10(18(20)21)5-6-13(11)17/h1-6,9H,7-8,17H2. The summed E-state index contributed by atoms with van der Waals surface area (Å²) in [7, 11) is 0. The molecule has 120 valence electrons. The Labute approximate surface area is 130 Å². The summed E-state index contributed by atoms with van der Waals surface area (Å²) in [5.41, 5.74) is 5.29. The zero-order valence-corrected chi connectivity index (χ0v) is 11.9. The van der Waals surface area contributed by atoms with E-state index in [0.29, 0.717) is 0 Å². The quantitative estimate of drug-likeness (QED) is 0.288. The van der Waals surface area contributed by atoms with E-state index in [2.05, 4.69) is 0 Å². The summed E-state index contributed by atoms with van der Waals surface area (Å²) in [6, 6.07) is 9.29. The minimum absolute atomic E-state index is 0.0402. The van der Waals surface area contributed by atoms with Crippen molar-refractivity contribution >= 4 is 17.3 Å². The van der Waals surface area contributed by atoms with Crippen LogP contribution in [0.3, 0.4) is 0 Å². The predicted molar refractivity (Wildman–Crippen MR) is 79.7 cm³/mol. The molecule has 2 N–H and O–H groups in total. The Morgan fingerprint density at radius 2 is 1.96 bits per heavy atom. The second kappa shape index (κ2) is 7.21. The SMILES string of the molecule is Nc1ccc([N+](=O)[O-])cc1C(=O)OCCOc1ccccc1F. The molecule has 0 saturated carbocycles. The van der Waals surface area contributed by atoms with Gasteiger partial charge in [-0.05, 0) is 18.2 Å². The van der Waals surface area contributed by atoms with Crippen LogP contribution in [0.4, 0.5) is 15.8 Å². The summed E-state index contributed by atoms with van der Waals surface area (Å²) < 4.78 is 23.3. The molecule has 2 rings (SSSR count). The molecule has 0 fully saturated rings. The molecule has 23 heavy (non-hydrogen) atoms. The molecule has 2 aromatic carbocycles. The highest BCUT2D eigenvalue weighted by molar-refractivity contribution is 5.95. The summed E-state index contributed by atoms with van der Waals surface area (Å²) in [5, 5.41) is 10.7. The van der Waals surface area contributed by atoms with Crippen molar-refractivity contribution in [2.24, 2.45) is 0 Å². The Kier molecular flexibility index (Phi) is 5.08. The van der Waals surface area contributed by atoms with Gasteiger partial charge in [0.15, 0.2) is 11.6 Å². The maximum absolute atomic E-state index is 13.3. The minimum Gasteiger partial charge on any atom is -0.487 e. The lowest BCUT2D eigenvalue weighted by atomic mass is 10.1. The molecule has 7 nitrogen and oxygen atoms in total. The van der Waals surface area contributed by atoms with E-state index in [9.17, 15) is 19.3 Å². The molecule has 0 spiro atoms. The molecule has 0 aliphatic rings. The lowest BCUT2D eigenvalue weighted by molar-refractivity contribution is -0.384. The number of carbonyl (C=O) groups excluding carboxylic acids is 1. The average Bonchev–Trinajstić information content (AvgIpc) is 2.53. The van der Waals surface area contributed by atoms with Crippen molar-refractivity contribution in [2.75, 3.05) is 18.9 Å². The van der Waals surface area contributed by atoms with Gasteiger partial charge in [0, 0.05) is 17.8 Å². The Morgan fingerprint density at radius 3 is 2.65 bits per heavy atom. The normalized spacial score (nSPS) is 10.1. The van der Waals surface area contributed by atoms with E-state index in [1.807, 2.05) is 0 Å². The van der Waals surface area contributed by atoms with E-state index in [-0.39, 0.29) is 35.9 Å². The molecular weight excluding hydrogens is 307 g/mol. The number of hydrogen-bond donors (Lipinski definition) is 1. The van der Waals surface area contributed by atoms with Crippen LogP contribution in [0.15, 0.2) is 42.5 Å². The third-order valence-corrected chi connectivity index (χ3v) is 2.88. The van der Waals surface area contributed by atoms with Crippen LogP contribution in [0.1, 0.15) is 10.4 Å².